The van der Waals surface area contributed by atoms with Crippen LogP contribution in [0.5, 0.6) is 0 Å². The van der Waals surface area contributed by atoms with Gasteiger partial charge in [-0.15, -0.1) is 0 Å². The highest BCUT2D eigenvalue weighted by molar-refractivity contribution is 5.32. The summed E-state index contributed by atoms with van der Waals surface area (Å²) in [4.78, 5) is 0. The summed E-state index contributed by atoms with van der Waals surface area (Å²) in [7, 11) is 0. The van der Waals surface area contributed by atoms with Crippen molar-refractivity contribution in [2.75, 3.05) is 0 Å². The van der Waals surface area contributed by atoms with Crippen molar-refractivity contribution >= 4 is 0 Å². The van der Waals surface area contributed by atoms with E-state index in [0.717, 1.165) is 12.0 Å². The first-order chi connectivity index (χ1) is 9.59. The Labute approximate surface area is 116 Å². The Morgan fingerprint density at radius 3 is 2.45 bits per heavy atom. The minimum absolute atomic E-state index is 0.0333. The quantitative estimate of drug-likeness (QED) is 0.893. The zero-order valence-electron chi connectivity index (χ0n) is 11.2. The number of benzene rings is 2. The average molecular weight is 274 g/mol. The van der Waals surface area contributed by atoms with Crippen LogP contribution in [0.3, 0.4) is 0 Å². The molecular weight excluding hydrogens is 258 g/mol. The van der Waals surface area contributed by atoms with Gasteiger partial charge in [0.1, 0.15) is 0 Å². The topological polar surface area (TPSA) is 20.2 Å². The van der Waals surface area contributed by atoms with Gasteiger partial charge in [0.25, 0.3) is 0 Å². The third-order valence-electron chi connectivity index (χ3n) is 4.10. The molecule has 3 atom stereocenters. The van der Waals surface area contributed by atoms with Crippen LogP contribution in [-0.4, -0.2) is 5.11 Å². The van der Waals surface area contributed by atoms with Crippen molar-refractivity contribution in [2.24, 2.45) is 5.92 Å². The summed E-state index contributed by atoms with van der Waals surface area (Å²) < 4.78 is 27.5. The normalized spacial score (nSPS) is 22.6. The first kappa shape index (κ1) is 13.3. The second kappa shape index (κ2) is 4.98. The molecule has 3 unspecified atom stereocenters. The van der Waals surface area contributed by atoms with Crippen molar-refractivity contribution in [3.8, 4) is 0 Å². The molecule has 0 spiro atoms. The van der Waals surface area contributed by atoms with Crippen LogP contribution in [0.1, 0.15) is 35.1 Å². The molecule has 0 saturated heterocycles. The Hall–Kier alpha value is -1.74. The van der Waals surface area contributed by atoms with Crippen molar-refractivity contribution in [2.45, 2.75) is 25.4 Å². The molecule has 0 aliphatic heterocycles. The van der Waals surface area contributed by atoms with Gasteiger partial charge < -0.3 is 5.11 Å². The first-order valence-corrected chi connectivity index (χ1v) is 6.77. The second-order valence-electron chi connectivity index (χ2n) is 5.46. The number of aryl methyl sites for hydroxylation is 1. The van der Waals surface area contributed by atoms with Crippen LogP contribution in [0.25, 0.3) is 0 Å². The first-order valence-electron chi connectivity index (χ1n) is 6.77. The van der Waals surface area contributed by atoms with Gasteiger partial charge in [-0.05, 0) is 36.3 Å². The number of aliphatic hydroxyl groups is 1. The highest BCUT2D eigenvalue weighted by Gasteiger charge is 2.44. The van der Waals surface area contributed by atoms with Gasteiger partial charge in [0.15, 0.2) is 11.6 Å². The molecule has 3 heteroatoms. The minimum atomic E-state index is -0.949. The Bertz CT molecular complexity index is 624. The fraction of sp³-hybridized carbons (Fsp3) is 0.294. The maximum atomic E-state index is 13.9. The van der Waals surface area contributed by atoms with Crippen LogP contribution in [0.4, 0.5) is 8.78 Å². The van der Waals surface area contributed by atoms with Crippen molar-refractivity contribution in [1.82, 2.24) is 0 Å². The van der Waals surface area contributed by atoms with Crippen LogP contribution in [-0.2, 0) is 0 Å². The van der Waals surface area contributed by atoms with Gasteiger partial charge in [0, 0.05) is 5.56 Å². The summed E-state index contributed by atoms with van der Waals surface area (Å²) in [6, 6.07) is 12.8. The van der Waals surface area contributed by atoms with E-state index in [1.165, 1.54) is 19.1 Å². The molecule has 2 aromatic carbocycles. The number of aliphatic hydroxyl groups excluding tert-OH is 1. The van der Waals surface area contributed by atoms with E-state index < -0.39 is 17.7 Å². The maximum Gasteiger partial charge on any atom is 0.164 e. The second-order valence-corrected chi connectivity index (χ2v) is 5.46. The number of hydrogen-bond acceptors (Lipinski definition) is 1. The SMILES string of the molecule is Cc1ccc(C(O)C2CC2c2ccccc2)c(F)c1F. The van der Waals surface area contributed by atoms with Gasteiger partial charge in [0.2, 0.25) is 0 Å². The molecule has 2 aromatic rings. The van der Waals surface area contributed by atoms with Gasteiger partial charge in [-0.25, -0.2) is 8.78 Å². The lowest BCUT2D eigenvalue weighted by Gasteiger charge is -2.13. The van der Waals surface area contributed by atoms with E-state index in [1.54, 1.807) is 0 Å². The summed E-state index contributed by atoms with van der Waals surface area (Å²) in [5.74, 6) is -1.58. The monoisotopic (exact) mass is 274 g/mol. The fourth-order valence-electron chi connectivity index (χ4n) is 2.77. The Kier molecular flexibility index (Phi) is 3.30. The molecule has 0 radical (unpaired) electrons. The summed E-state index contributed by atoms with van der Waals surface area (Å²) in [5, 5.41) is 10.3. The number of halogens is 2. The van der Waals surface area contributed by atoms with E-state index in [2.05, 4.69) is 0 Å². The number of hydrogen-bond donors (Lipinski definition) is 1. The van der Waals surface area contributed by atoms with E-state index in [1.807, 2.05) is 30.3 Å². The average Bonchev–Trinajstić information content (AvgIpc) is 3.26. The fourth-order valence-corrected chi connectivity index (χ4v) is 2.77. The molecule has 1 saturated carbocycles. The van der Waals surface area contributed by atoms with Crippen molar-refractivity contribution in [3.05, 3.63) is 70.8 Å². The highest BCUT2D eigenvalue weighted by atomic mass is 19.2. The van der Waals surface area contributed by atoms with Crippen LogP contribution in [0.15, 0.2) is 42.5 Å². The molecule has 0 bridgehead atoms. The zero-order chi connectivity index (χ0) is 14.3. The van der Waals surface area contributed by atoms with E-state index in [-0.39, 0.29) is 23.0 Å². The Balaban J connectivity index is 1.82. The van der Waals surface area contributed by atoms with Gasteiger partial charge in [-0.2, -0.15) is 0 Å². The lowest BCUT2D eigenvalue weighted by molar-refractivity contribution is 0.145. The summed E-state index contributed by atoms with van der Waals surface area (Å²) >= 11 is 0. The lowest BCUT2D eigenvalue weighted by atomic mass is 9.99. The van der Waals surface area contributed by atoms with Crippen LogP contribution < -0.4 is 0 Å². The molecule has 104 valence electrons. The van der Waals surface area contributed by atoms with Crippen LogP contribution in [0, 0.1) is 24.5 Å². The standard InChI is InChI=1S/C17H16F2O/c1-10-7-8-12(16(19)15(10)18)17(20)14-9-13(14)11-5-3-2-4-6-11/h2-8,13-14,17,20H,9H2,1H3. The van der Waals surface area contributed by atoms with Gasteiger partial charge in [-0.1, -0.05) is 42.5 Å². The van der Waals surface area contributed by atoms with Crippen molar-refractivity contribution in [1.29, 1.82) is 0 Å². The molecule has 0 aromatic heterocycles. The Morgan fingerprint density at radius 1 is 1.05 bits per heavy atom. The van der Waals surface area contributed by atoms with Crippen LogP contribution in [0.2, 0.25) is 0 Å². The lowest BCUT2D eigenvalue weighted by Crippen LogP contribution is -2.06. The van der Waals surface area contributed by atoms with Gasteiger partial charge in [-0.3, -0.25) is 0 Å². The van der Waals surface area contributed by atoms with E-state index in [4.69, 9.17) is 0 Å². The predicted molar refractivity (Wildman–Crippen MR) is 73.3 cm³/mol. The molecule has 1 fully saturated rings. The third-order valence-corrected chi connectivity index (χ3v) is 4.10. The molecule has 3 rings (SSSR count). The van der Waals surface area contributed by atoms with E-state index in [0.29, 0.717) is 0 Å². The molecule has 1 nitrogen and oxygen atoms in total. The minimum Gasteiger partial charge on any atom is -0.388 e. The van der Waals surface area contributed by atoms with Crippen molar-refractivity contribution < 1.29 is 13.9 Å². The zero-order valence-corrected chi connectivity index (χ0v) is 11.2. The summed E-state index contributed by atoms with van der Waals surface area (Å²) in [6.45, 7) is 1.51. The maximum absolute atomic E-state index is 13.9. The molecule has 1 aliphatic carbocycles. The molecular formula is C17H16F2O. The van der Waals surface area contributed by atoms with E-state index >= 15 is 0 Å². The molecule has 20 heavy (non-hydrogen) atoms. The van der Waals surface area contributed by atoms with Gasteiger partial charge in [0.05, 0.1) is 6.10 Å². The summed E-state index contributed by atoms with van der Waals surface area (Å²) in [6.07, 6.45) is -0.143. The molecule has 1 N–H and O–H groups in total. The van der Waals surface area contributed by atoms with Crippen LogP contribution >= 0.6 is 0 Å². The largest absolute Gasteiger partial charge is 0.388 e. The Morgan fingerprint density at radius 2 is 1.75 bits per heavy atom. The smallest absolute Gasteiger partial charge is 0.164 e. The van der Waals surface area contributed by atoms with E-state index in [9.17, 15) is 13.9 Å². The summed E-state index contributed by atoms with van der Waals surface area (Å²) in [5.41, 5.74) is 1.47. The van der Waals surface area contributed by atoms with Crippen molar-refractivity contribution in [3.63, 3.8) is 0 Å². The predicted octanol–water partition coefficient (Wildman–Crippen LogP) is 4.11. The number of rotatable bonds is 3. The highest BCUT2D eigenvalue weighted by Crippen LogP contribution is 2.54. The molecule has 0 amide bonds. The molecule has 0 heterocycles. The van der Waals surface area contributed by atoms with Gasteiger partial charge >= 0.3 is 0 Å². The molecule has 1 aliphatic rings. The third kappa shape index (κ3) is 2.22.